The van der Waals surface area contributed by atoms with Crippen molar-refractivity contribution in [2.45, 2.75) is 19.3 Å². The Balaban J connectivity index is 1.98. The van der Waals surface area contributed by atoms with Crippen LogP contribution in [0.5, 0.6) is 0 Å². The highest BCUT2D eigenvalue weighted by molar-refractivity contribution is 6.04. The summed E-state index contributed by atoms with van der Waals surface area (Å²) in [5.74, 6) is -0.279. The molecule has 0 bridgehead atoms. The second-order valence-electron chi connectivity index (χ2n) is 6.15. The maximum Gasteiger partial charge on any atom is 0.411 e. The van der Waals surface area contributed by atoms with Crippen molar-refractivity contribution in [3.05, 3.63) is 65.2 Å². The van der Waals surface area contributed by atoms with E-state index in [9.17, 15) is 18.0 Å². The third-order valence-corrected chi connectivity index (χ3v) is 3.50. The van der Waals surface area contributed by atoms with E-state index in [4.69, 9.17) is 0 Å². The Labute approximate surface area is 150 Å². The summed E-state index contributed by atoms with van der Waals surface area (Å²) in [6.07, 6.45) is -4.35. The second kappa shape index (κ2) is 8.82. The van der Waals surface area contributed by atoms with Gasteiger partial charge in [0.25, 0.3) is 5.91 Å². The molecule has 0 atom stereocenters. The maximum absolute atomic E-state index is 12.4. The van der Waals surface area contributed by atoms with Gasteiger partial charge >= 0.3 is 6.18 Å². The molecule has 2 aromatic carbocycles. The second-order valence-corrected chi connectivity index (χ2v) is 6.15. The summed E-state index contributed by atoms with van der Waals surface area (Å²) in [5.41, 5.74) is 2.70. The fourth-order valence-corrected chi connectivity index (χ4v) is 2.35. The summed E-state index contributed by atoms with van der Waals surface area (Å²) in [7, 11) is 3.89. The third-order valence-electron chi connectivity index (χ3n) is 3.50. The molecule has 0 aliphatic carbocycles. The number of rotatable bonds is 7. The van der Waals surface area contributed by atoms with Crippen molar-refractivity contribution in [2.24, 2.45) is 0 Å². The van der Waals surface area contributed by atoms with Crippen LogP contribution in [0.25, 0.3) is 0 Å². The molecule has 0 aliphatic rings. The van der Waals surface area contributed by atoms with Crippen molar-refractivity contribution in [2.75, 3.05) is 26.0 Å². The van der Waals surface area contributed by atoms with Gasteiger partial charge in [0, 0.05) is 17.8 Å². The van der Waals surface area contributed by atoms with Gasteiger partial charge in [-0.05, 0) is 43.4 Å². The van der Waals surface area contributed by atoms with Crippen LogP contribution in [0.1, 0.15) is 21.5 Å². The summed E-state index contributed by atoms with van der Waals surface area (Å²) in [6, 6.07) is 13.8. The molecule has 1 N–H and O–H groups in total. The molecule has 2 rings (SSSR count). The van der Waals surface area contributed by atoms with E-state index in [1.165, 1.54) is 0 Å². The smallest absolute Gasteiger partial charge is 0.367 e. The third kappa shape index (κ3) is 6.50. The summed E-state index contributed by atoms with van der Waals surface area (Å²) < 4.78 is 40.8. The molecule has 0 spiro atoms. The number of nitrogens with zero attached hydrogens (tertiary/aromatic N) is 1. The average molecular weight is 366 g/mol. The fourth-order valence-electron chi connectivity index (χ4n) is 2.35. The first kappa shape index (κ1) is 19.9. The standard InChI is InChI=1S/C19H21F3N2O2/c1-24(2)11-16-5-3-4-6-17(16)23-18(25)15-9-7-14(8-10-15)12-26-13-19(20,21)22/h3-10H,11-13H2,1-2H3,(H,23,25). The molecule has 0 saturated carbocycles. The number of nitrogens with one attached hydrogen (secondary N) is 1. The minimum absolute atomic E-state index is 0.160. The molecule has 0 saturated heterocycles. The Kier molecular flexibility index (Phi) is 6.76. The van der Waals surface area contributed by atoms with Crippen molar-refractivity contribution in [1.29, 1.82) is 0 Å². The lowest BCUT2D eigenvalue weighted by Gasteiger charge is -2.15. The molecule has 0 aromatic heterocycles. The Bertz CT molecular complexity index is 728. The molecule has 0 heterocycles. The molecule has 0 fully saturated rings. The monoisotopic (exact) mass is 366 g/mol. The van der Waals surface area contributed by atoms with E-state index in [1.54, 1.807) is 24.3 Å². The molecule has 0 unspecified atom stereocenters. The van der Waals surface area contributed by atoms with Crippen LogP contribution >= 0.6 is 0 Å². The topological polar surface area (TPSA) is 41.6 Å². The van der Waals surface area contributed by atoms with E-state index in [2.05, 4.69) is 10.1 Å². The number of carbonyl (C=O) groups is 1. The van der Waals surface area contributed by atoms with Crippen molar-refractivity contribution < 1.29 is 22.7 Å². The SMILES string of the molecule is CN(C)Cc1ccccc1NC(=O)c1ccc(COCC(F)(F)F)cc1. The van der Waals surface area contributed by atoms with Crippen LogP contribution in [0.4, 0.5) is 18.9 Å². The number of hydrogen-bond acceptors (Lipinski definition) is 3. The quantitative estimate of drug-likeness (QED) is 0.803. The first-order valence-electron chi connectivity index (χ1n) is 8.02. The number of alkyl halides is 3. The largest absolute Gasteiger partial charge is 0.411 e. The van der Waals surface area contributed by atoms with Crippen LogP contribution in [0.2, 0.25) is 0 Å². The number of benzene rings is 2. The van der Waals surface area contributed by atoms with E-state index in [0.717, 1.165) is 11.3 Å². The van der Waals surface area contributed by atoms with Gasteiger partial charge in [0.1, 0.15) is 6.61 Å². The van der Waals surface area contributed by atoms with Gasteiger partial charge in [0.15, 0.2) is 0 Å². The lowest BCUT2D eigenvalue weighted by Crippen LogP contribution is -2.17. The molecule has 26 heavy (non-hydrogen) atoms. The minimum atomic E-state index is -4.35. The highest BCUT2D eigenvalue weighted by Gasteiger charge is 2.27. The Morgan fingerprint density at radius 1 is 1.08 bits per heavy atom. The van der Waals surface area contributed by atoms with E-state index in [0.29, 0.717) is 17.7 Å². The van der Waals surface area contributed by atoms with Crippen LogP contribution in [0.3, 0.4) is 0 Å². The molecule has 1 amide bonds. The number of para-hydroxylation sites is 1. The van der Waals surface area contributed by atoms with Crippen LogP contribution in [-0.2, 0) is 17.9 Å². The lowest BCUT2D eigenvalue weighted by atomic mass is 10.1. The maximum atomic E-state index is 12.4. The highest BCUT2D eigenvalue weighted by atomic mass is 19.4. The number of amides is 1. The molecule has 0 aliphatic heterocycles. The van der Waals surface area contributed by atoms with Crippen molar-refractivity contribution in [1.82, 2.24) is 4.90 Å². The molecule has 2 aromatic rings. The number of ether oxygens (including phenoxy) is 1. The summed E-state index contributed by atoms with van der Waals surface area (Å²) in [4.78, 5) is 14.4. The number of anilines is 1. The summed E-state index contributed by atoms with van der Waals surface area (Å²) >= 11 is 0. The molecular formula is C19H21F3N2O2. The van der Waals surface area contributed by atoms with Gasteiger partial charge in [-0.2, -0.15) is 13.2 Å². The van der Waals surface area contributed by atoms with Gasteiger partial charge < -0.3 is 15.0 Å². The molecular weight excluding hydrogens is 345 g/mol. The zero-order valence-corrected chi connectivity index (χ0v) is 14.6. The first-order chi connectivity index (χ1) is 12.2. The van der Waals surface area contributed by atoms with E-state index in [1.807, 2.05) is 43.3 Å². The van der Waals surface area contributed by atoms with Crippen LogP contribution in [-0.4, -0.2) is 37.7 Å². The number of carbonyl (C=O) groups excluding carboxylic acids is 1. The number of halogens is 3. The average Bonchev–Trinajstić information content (AvgIpc) is 2.55. The first-order valence-corrected chi connectivity index (χ1v) is 8.02. The predicted octanol–water partition coefficient (Wildman–Crippen LogP) is 4.08. The Morgan fingerprint density at radius 3 is 2.35 bits per heavy atom. The summed E-state index contributed by atoms with van der Waals surface area (Å²) in [5, 5.41) is 2.87. The zero-order chi connectivity index (χ0) is 19.2. The van der Waals surface area contributed by atoms with Gasteiger partial charge in [-0.3, -0.25) is 4.79 Å². The van der Waals surface area contributed by atoms with Gasteiger partial charge in [-0.1, -0.05) is 30.3 Å². The van der Waals surface area contributed by atoms with Crippen LogP contribution < -0.4 is 5.32 Å². The van der Waals surface area contributed by atoms with Crippen molar-refractivity contribution in [3.63, 3.8) is 0 Å². The molecule has 0 radical (unpaired) electrons. The van der Waals surface area contributed by atoms with Crippen LogP contribution in [0.15, 0.2) is 48.5 Å². The van der Waals surface area contributed by atoms with Crippen molar-refractivity contribution in [3.8, 4) is 0 Å². The normalized spacial score (nSPS) is 11.6. The molecule has 140 valence electrons. The highest BCUT2D eigenvalue weighted by Crippen LogP contribution is 2.18. The minimum Gasteiger partial charge on any atom is -0.367 e. The van der Waals surface area contributed by atoms with Gasteiger partial charge in [-0.15, -0.1) is 0 Å². The van der Waals surface area contributed by atoms with E-state index in [-0.39, 0.29) is 12.5 Å². The molecule has 7 heteroatoms. The van der Waals surface area contributed by atoms with E-state index < -0.39 is 12.8 Å². The van der Waals surface area contributed by atoms with Gasteiger partial charge in [0.05, 0.1) is 6.61 Å². The Morgan fingerprint density at radius 2 is 1.73 bits per heavy atom. The van der Waals surface area contributed by atoms with Gasteiger partial charge in [0.2, 0.25) is 0 Å². The van der Waals surface area contributed by atoms with E-state index >= 15 is 0 Å². The number of hydrogen-bond donors (Lipinski definition) is 1. The predicted molar refractivity (Wildman–Crippen MR) is 93.9 cm³/mol. The van der Waals surface area contributed by atoms with Crippen LogP contribution in [0, 0.1) is 0 Å². The zero-order valence-electron chi connectivity index (χ0n) is 14.6. The Hall–Kier alpha value is -2.38. The lowest BCUT2D eigenvalue weighted by molar-refractivity contribution is -0.176. The fraction of sp³-hybridized carbons (Fsp3) is 0.316. The summed E-state index contributed by atoms with van der Waals surface area (Å²) in [6.45, 7) is -0.767. The van der Waals surface area contributed by atoms with Crippen molar-refractivity contribution >= 4 is 11.6 Å². The molecule has 4 nitrogen and oxygen atoms in total. The van der Waals surface area contributed by atoms with Gasteiger partial charge in [-0.25, -0.2) is 0 Å².